The van der Waals surface area contributed by atoms with E-state index in [0.717, 1.165) is 30.6 Å². The molecule has 0 radical (unpaired) electrons. The van der Waals surface area contributed by atoms with E-state index in [-0.39, 0.29) is 5.82 Å². The SMILES string of the molecule is CCCNCc1ccc(C)cc1-c1ccc(C)c(F)c1. The van der Waals surface area contributed by atoms with Crippen molar-refractivity contribution in [2.45, 2.75) is 33.7 Å². The van der Waals surface area contributed by atoms with Gasteiger partial charge in [-0.1, -0.05) is 42.8 Å². The molecule has 2 aromatic carbocycles. The minimum absolute atomic E-state index is 0.142. The van der Waals surface area contributed by atoms with Crippen LogP contribution in [0.5, 0.6) is 0 Å². The highest BCUT2D eigenvalue weighted by Crippen LogP contribution is 2.26. The van der Waals surface area contributed by atoms with Crippen molar-refractivity contribution in [1.82, 2.24) is 5.32 Å². The molecule has 2 heteroatoms. The Morgan fingerprint density at radius 3 is 2.55 bits per heavy atom. The first-order chi connectivity index (χ1) is 9.61. The van der Waals surface area contributed by atoms with Gasteiger partial charge in [0.2, 0.25) is 0 Å². The van der Waals surface area contributed by atoms with Gasteiger partial charge >= 0.3 is 0 Å². The summed E-state index contributed by atoms with van der Waals surface area (Å²) in [5, 5.41) is 3.41. The molecule has 0 bridgehead atoms. The second kappa shape index (κ2) is 6.67. The highest BCUT2D eigenvalue weighted by molar-refractivity contribution is 5.68. The van der Waals surface area contributed by atoms with E-state index in [9.17, 15) is 4.39 Å². The highest BCUT2D eigenvalue weighted by atomic mass is 19.1. The Morgan fingerprint density at radius 1 is 1.05 bits per heavy atom. The van der Waals surface area contributed by atoms with Gasteiger partial charge in [-0.2, -0.15) is 0 Å². The smallest absolute Gasteiger partial charge is 0.126 e. The number of benzene rings is 2. The molecule has 0 aliphatic rings. The largest absolute Gasteiger partial charge is 0.313 e. The third-order valence-electron chi connectivity index (χ3n) is 3.49. The lowest BCUT2D eigenvalue weighted by molar-refractivity contribution is 0.619. The van der Waals surface area contributed by atoms with Crippen molar-refractivity contribution < 1.29 is 4.39 Å². The van der Waals surface area contributed by atoms with Gasteiger partial charge in [0, 0.05) is 6.54 Å². The summed E-state index contributed by atoms with van der Waals surface area (Å²) in [6, 6.07) is 11.8. The molecule has 20 heavy (non-hydrogen) atoms. The van der Waals surface area contributed by atoms with Crippen LogP contribution in [0.2, 0.25) is 0 Å². The molecular formula is C18H22FN. The standard InChI is InChI=1S/C18H22FN/c1-4-9-20-12-16-7-5-13(2)10-17(16)15-8-6-14(3)18(19)11-15/h5-8,10-11,20H,4,9,12H2,1-3H3. The summed E-state index contributed by atoms with van der Waals surface area (Å²) < 4.78 is 13.8. The minimum Gasteiger partial charge on any atom is -0.313 e. The summed E-state index contributed by atoms with van der Waals surface area (Å²) in [4.78, 5) is 0. The second-order valence-electron chi connectivity index (χ2n) is 5.30. The van der Waals surface area contributed by atoms with E-state index < -0.39 is 0 Å². The molecule has 0 fully saturated rings. The van der Waals surface area contributed by atoms with Crippen molar-refractivity contribution in [1.29, 1.82) is 0 Å². The third kappa shape index (κ3) is 3.45. The van der Waals surface area contributed by atoms with E-state index in [0.29, 0.717) is 5.56 Å². The van der Waals surface area contributed by atoms with Crippen LogP contribution in [0, 0.1) is 19.7 Å². The Hall–Kier alpha value is -1.67. The molecule has 106 valence electrons. The summed E-state index contributed by atoms with van der Waals surface area (Å²) in [5.41, 5.74) is 5.16. The van der Waals surface area contributed by atoms with E-state index in [2.05, 4.69) is 37.4 Å². The van der Waals surface area contributed by atoms with E-state index in [1.807, 2.05) is 12.1 Å². The van der Waals surface area contributed by atoms with Crippen molar-refractivity contribution in [3.05, 3.63) is 58.9 Å². The van der Waals surface area contributed by atoms with Crippen LogP contribution in [0.15, 0.2) is 36.4 Å². The molecule has 1 N–H and O–H groups in total. The molecule has 2 rings (SSSR count). The maximum absolute atomic E-state index is 13.8. The predicted molar refractivity (Wildman–Crippen MR) is 83.3 cm³/mol. The third-order valence-corrected chi connectivity index (χ3v) is 3.49. The zero-order valence-electron chi connectivity index (χ0n) is 12.5. The first-order valence-corrected chi connectivity index (χ1v) is 7.18. The summed E-state index contributed by atoms with van der Waals surface area (Å²) in [7, 11) is 0. The summed E-state index contributed by atoms with van der Waals surface area (Å²) in [5.74, 6) is -0.142. The van der Waals surface area contributed by atoms with E-state index >= 15 is 0 Å². The number of halogens is 1. The Morgan fingerprint density at radius 2 is 1.85 bits per heavy atom. The van der Waals surface area contributed by atoms with Crippen LogP contribution in [0.3, 0.4) is 0 Å². The quantitative estimate of drug-likeness (QED) is 0.783. The fourth-order valence-corrected chi connectivity index (χ4v) is 2.27. The van der Waals surface area contributed by atoms with Crippen LogP contribution in [-0.4, -0.2) is 6.54 Å². The van der Waals surface area contributed by atoms with Gasteiger partial charge in [-0.15, -0.1) is 0 Å². The van der Waals surface area contributed by atoms with Crippen LogP contribution in [-0.2, 0) is 6.54 Å². The number of hydrogen-bond acceptors (Lipinski definition) is 1. The van der Waals surface area contributed by atoms with Gasteiger partial charge in [-0.05, 0) is 55.1 Å². The van der Waals surface area contributed by atoms with Crippen LogP contribution in [0.1, 0.15) is 30.0 Å². The Balaban J connectivity index is 2.37. The molecule has 0 aromatic heterocycles. The molecule has 0 aliphatic heterocycles. The van der Waals surface area contributed by atoms with Gasteiger partial charge in [0.1, 0.15) is 5.82 Å². The molecule has 0 spiro atoms. The van der Waals surface area contributed by atoms with Crippen LogP contribution in [0.25, 0.3) is 11.1 Å². The van der Waals surface area contributed by atoms with Crippen molar-refractivity contribution >= 4 is 0 Å². The molecule has 0 aliphatic carbocycles. The fourth-order valence-electron chi connectivity index (χ4n) is 2.27. The lowest BCUT2D eigenvalue weighted by Crippen LogP contribution is -2.14. The summed E-state index contributed by atoms with van der Waals surface area (Å²) in [6.07, 6.45) is 1.11. The first kappa shape index (κ1) is 14.7. The summed E-state index contributed by atoms with van der Waals surface area (Å²) in [6.45, 7) is 7.82. The van der Waals surface area contributed by atoms with Crippen molar-refractivity contribution in [3.8, 4) is 11.1 Å². The van der Waals surface area contributed by atoms with Gasteiger partial charge < -0.3 is 5.32 Å². The molecule has 0 heterocycles. The van der Waals surface area contributed by atoms with Crippen LogP contribution >= 0.6 is 0 Å². The lowest BCUT2D eigenvalue weighted by Gasteiger charge is -2.12. The predicted octanol–water partition coefficient (Wildman–Crippen LogP) is 4.61. The minimum atomic E-state index is -0.142. The van der Waals surface area contributed by atoms with Gasteiger partial charge in [-0.3, -0.25) is 0 Å². The molecule has 1 nitrogen and oxygen atoms in total. The maximum Gasteiger partial charge on any atom is 0.126 e. The molecule has 0 saturated carbocycles. The van der Waals surface area contributed by atoms with Crippen LogP contribution < -0.4 is 5.32 Å². The molecule has 0 unspecified atom stereocenters. The lowest BCUT2D eigenvalue weighted by atomic mass is 9.96. The summed E-state index contributed by atoms with van der Waals surface area (Å²) >= 11 is 0. The number of rotatable bonds is 5. The molecule has 0 atom stereocenters. The van der Waals surface area contributed by atoms with Gasteiger partial charge in [0.15, 0.2) is 0 Å². The van der Waals surface area contributed by atoms with Crippen molar-refractivity contribution in [3.63, 3.8) is 0 Å². The number of aryl methyl sites for hydroxylation is 2. The normalized spacial score (nSPS) is 10.8. The van der Waals surface area contributed by atoms with Gasteiger partial charge in [-0.25, -0.2) is 4.39 Å². The van der Waals surface area contributed by atoms with Crippen molar-refractivity contribution in [2.75, 3.05) is 6.54 Å². The van der Waals surface area contributed by atoms with E-state index in [1.165, 1.54) is 11.1 Å². The Labute approximate surface area is 120 Å². The highest BCUT2D eigenvalue weighted by Gasteiger charge is 2.07. The zero-order chi connectivity index (χ0) is 14.5. The Bertz CT molecular complexity index is 590. The molecule has 0 amide bonds. The maximum atomic E-state index is 13.8. The zero-order valence-corrected chi connectivity index (χ0v) is 12.5. The number of nitrogens with one attached hydrogen (secondary N) is 1. The number of hydrogen-bond donors (Lipinski definition) is 1. The first-order valence-electron chi connectivity index (χ1n) is 7.18. The molecule has 2 aromatic rings. The van der Waals surface area contributed by atoms with E-state index in [1.54, 1.807) is 13.0 Å². The molecule has 0 saturated heterocycles. The fraction of sp³-hybridized carbons (Fsp3) is 0.333. The average Bonchev–Trinajstić information content (AvgIpc) is 2.44. The Kier molecular flexibility index (Phi) is 4.91. The van der Waals surface area contributed by atoms with E-state index in [4.69, 9.17) is 0 Å². The van der Waals surface area contributed by atoms with Gasteiger partial charge in [0.25, 0.3) is 0 Å². The monoisotopic (exact) mass is 271 g/mol. The molecular weight excluding hydrogens is 249 g/mol. The topological polar surface area (TPSA) is 12.0 Å². The van der Waals surface area contributed by atoms with Crippen molar-refractivity contribution in [2.24, 2.45) is 0 Å². The van der Waals surface area contributed by atoms with Crippen LogP contribution in [0.4, 0.5) is 4.39 Å². The van der Waals surface area contributed by atoms with Gasteiger partial charge in [0.05, 0.1) is 0 Å². The average molecular weight is 271 g/mol. The second-order valence-corrected chi connectivity index (χ2v) is 5.30.